The molecule has 8 heteroatoms. The molecule has 6 nitrogen and oxygen atoms in total. The third-order valence-corrected chi connectivity index (χ3v) is 5.94. The highest BCUT2D eigenvalue weighted by atomic mass is 79.9. The summed E-state index contributed by atoms with van der Waals surface area (Å²) in [6, 6.07) is 11.6. The summed E-state index contributed by atoms with van der Waals surface area (Å²) in [5, 5.41) is 7.57. The lowest BCUT2D eigenvalue weighted by Crippen LogP contribution is -2.16. The van der Waals surface area contributed by atoms with Gasteiger partial charge >= 0.3 is 0 Å². The third kappa shape index (κ3) is 5.20. The van der Waals surface area contributed by atoms with Crippen molar-refractivity contribution < 1.29 is 4.79 Å². The predicted molar refractivity (Wildman–Crippen MR) is 116 cm³/mol. The standard InChI is InChI=1S/C20H22BrN5OS/c1-20(2,3)16-13-17(26(25-16)19-22-10-6-11-23-19)24-18(27)9-12-28-15-8-5-4-7-14(15)21/h4-8,10-11,13H,9,12H2,1-3H3,(H,24,27). The molecule has 0 fully saturated rings. The molecule has 2 heterocycles. The summed E-state index contributed by atoms with van der Waals surface area (Å²) in [6.07, 6.45) is 3.69. The zero-order valence-electron chi connectivity index (χ0n) is 16.0. The van der Waals surface area contributed by atoms with E-state index in [9.17, 15) is 4.79 Å². The first-order chi connectivity index (χ1) is 13.3. The van der Waals surface area contributed by atoms with Gasteiger partial charge in [-0.3, -0.25) is 4.79 Å². The van der Waals surface area contributed by atoms with Gasteiger partial charge in [-0.25, -0.2) is 9.97 Å². The average molecular weight is 460 g/mol. The highest BCUT2D eigenvalue weighted by Gasteiger charge is 2.22. The molecule has 0 unspecified atom stereocenters. The number of thioether (sulfide) groups is 1. The molecule has 2 aromatic heterocycles. The van der Waals surface area contributed by atoms with Crippen LogP contribution in [0.1, 0.15) is 32.9 Å². The number of carbonyl (C=O) groups excluding carboxylic acids is 1. The highest BCUT2D eigenvalue weighted by molar-refractivity contribution is 9.10. The second-order valence-electron chi connectivity index (χ2n) is 7.20. The van der Waals surface area contributed by atoms with Gasteiger partial charge in [0.2, 0.25) is 5.91 Å². The molecule has 0 aliphatic carbocycles. The van der Waals surface area contributed by atoms with Crippen LogP contribution in [0.5, 0.6) is 0 Å². The first kappa shape index (κ1) is 20.5. The molecule has 0 saturated heterocycles. The summed E-state index contributed by atoms with van der Waals surface area (Å²) in [5.74, 6) is 1.61. The van der Waals surface area contributed by atoms with Gasteiger partial charge in [-0.1, -0.05) is 32.9 Å². The number of aromatic nitrogens is 4. The normalized spacial score (nSPS) is 11.4. The topological polar surface area (TPSA) is 72.7 Å². The number of hydrogen-bond donors (Lipinski definition) is 1. The van der Waals surface area contributed by atoms with Crippen molar-refractivity contribution in [2.75, 3.05) is 11.1 Å². The van der Waals surface area contributed by atoms with Gasteiger partial charge in [0, 0.05) is 45.4 Å². The summed E-state index contributed by atoms with van der Waals surface area (Å²) in [6.45, 7) is 6.22. The number of benzene rings is 1. The number of nitrogens with one attached hydrogen (secondary N) is 1. The van der Waals surface area contributed by atoms with Crippen LogP contribution in [0, 0.1) is 0 Å². The lowest BCUT2D eigenvalue weighted by atomic mass is 9.92. The van der Waals surface area contributed by atoms with Crippen LogP contribution in [0.25, 0.3) is 5.95 Å². The van der Waals surface area contributed by atoms with Crippen LogP contribution in [-0.4, -0.2) is 31.4 Å². The molecule has 0 aliphatic rings. The van der Waals surface area contributed by atoms with Gasteiger partial charge in [0.15, 0.2) is 0 Å². The largest absolute Gasteiger partial charge is 0.310 e. The molecule has 1 amide bonds. The quantitative estimate of drug-likeness (QED) is 0.533. The summed E-state index contributed by atoms with van der Waals surface area (Å²) >= 11 is 5.17. The summed E-state index contributed by atoms with van der Waals surface area (Å²) < 4.78 is 2.62. The molecule has 1 N–H and O–H groups in total. The van der Waals surface area contributed by atoms with Gasteiger partial charge < -0.3 is 5.32 Å². The van der Waals surface area contributed by atoms with Gasteiger partial charge in [-0.2, -0.15) is 9.78 Å². The Morgan fingerprint density at radius 1 is 1.18 bits per heavy atom. The Hall–Kier alpha value is -2.19. The smallest absolute Gasteiger partial charge is 0.252 e. The third-order valence-electron chi connectivity index (χ3n) is 3.91. The molecule has 3 rings (SSSR count). The zero-order chi connectivity index (χ0) is 20.1. The maximum atomic E-state index is 12.5. The van der Waals surface area contributed by atoms with E-state index in [0.29, 0.717) is 23.9 Å². The Morgan fingerprint density at radius 2 is 1.89 bits per heavy atom. The number of nitrogens with zero attached hydrogens (tertiary/aromatic N) is 4. The number of anilines is 1. The molecule has 0 aliphatic heterocycles. The lowest BCUT2D eigenvalue weighted by Gasteiger charge is -2.13. The minimum absolute atomic E-state index is 0.0721. The maximum Gasteiger partial charge on any atom is 0.252 e. The number of carbonyl (C=O) groups is 1. The van der Waals surface area contributed by atoms with Gasteiger partial charge in [0.05, 0.1) is 5.69 Å². The van der Waals surface area contributed by atoms with Crippen molar-refractivity contribution in [2.24, 2.45) is 0 Å². The number of halogens is 1. The Kier molecular flexibility index (Phi) is 6.51. The molecule has 146 valence electrons. The van der Waals surface area contributed by atoms with E-state index in [4.69, 9.17) is 0 Å². The highest BCUT2D eigenvalue weighted by Crippen LogP contribution is 2.28. The van der Waals surface area contributed by atoms with E-state index in [-0.39, 0.29) is 11.3 Å². The molecule has 3 aromatic rings. The van der Waals surface area contributed by atoms with E-state index < -0.39 is 0 Å². The number of amides is 1. The van der Waals surface area contributed by atoms with Gasteiger partial charge in [-0.05, 0) is 34.1 Å². The number of rotatable bonds is 6. The second-order valence-corrected chi connectivity index (χ2v) is 9.19. The minimum atomic E-state index is -0.158. The number of hydrogen-bond acceptors (Lipinski definition) is 5. The van der Waals surface area contributed by atoms with Gasteiger partial charge in [-0.15, -0.1) is 11.8 Å². The van der Waals surface area contributed by atoms with E-state index >= 15 is 0 Å². The molecule has 28 heavy (non-hydrogen) atoms. The van der Waals surface area contributed by atoms with Crippen LogP contribution < -0.4 is 5.32 Å². The van der Waals surface area contributed by atoms with E-state index in [1.807, 2.05) is 30.3 Å². The monoisotopic (exact) mass is 459 g/mol. The summed E-state index contributed by atoms with van der Waals surface area (Å²) in [5.41, 5.74) is 0.701. The Morgan fingerprint density at radius 3 is 2.57 bits per heavy atom. The predicted octanol–water partition coefficient (Wildman–Crippen LogP) is 4.84. The fraction of sp³-hybridized carbons (Fsp3) is 0.300. The van der Waals surface area contributed by atoms with Gasteiger partial charge in [0.25, 0.3) is 5.95 Å². The zero-order valence-corrected chi connectivity index (χ0v) is 18.4. The van der Waals surface area contributed by atoms with Crippen molar-refractivity contribution in [3.8, 4) is 5.95 Å². The lowest BCUT2D eigenvalue weighted by molar-refractivity contribution is -0.115. The van der Waals surface area contributed by atoms with Crippen molar-refractivity contribution >= 4 is 39.4 Å². The van der Waals surface area contributed by atoms with Gasteiger partial charge in [0.1, 0.15) is 5.82 Å². The van der Waals surface area contributed by atoms with Crippen LogP contribution in [0.15, 0.2) is 58.2 Å². The summed E-state index contributed by atoms with van der Waals surface area (Å²) in [4.78, 5) is 22.1. The molecule has 0 bridgehead atoms. The van der Waals surface area contributed by atoms with E-state index in [2.05, 4.69) is 57.1 Å². The van der Waals surface area contributed by atoms with Crippen molar-refractivity contribution in [3.05, 3.63) is 59.0 Å². The molecule has 0 radical (unpaired) electrons. The average Bonchev–Trinajstić information content (AvgIpc) is 3.08. The van der Waals surface area contributed by atoms with Crippen LogP contribution in [0.4, 0.5) is 5.82 Å². The fourth-order valence-corrected chi connectivity index (χ4v) is 3.93. The van der Waals surface area contributed by atoms with Crippen LogP contribution in [-0.2, 0) is 10.2 Å². The van der Waals surface area contributed by atoms with E-state index in [1.165, 1.54) is 0 Å². The summed E-state index contributed by atoms with van der Waals surface area (Å²) in [7, 11) is 0. The van der Waals surface area contributed by atoms with Crippen LogP contribution in [0.2, 0.25) is 0 Å². The van der Waals surface area contributed by atoms with Crippen molar-refractivity contribution in [1.29, 1.82) is 0 Å². The van der Waals surface area contributed by atoms with Crippen molar-refractivity contribution in [3.63, 3.8) is 0 Å². The minimum Gasteiger partial charge on any atom is -0.310 e. The Bertz CT molecular complexity index is 953. The van der Waals surface area contributed by atoms with E-state index in [1.54, 1.807) is 34.9 Å². The first-order valence-electron chi connectivity index (χ1n) is 8.90. The molecular weight excluding hydrogens is 438 g/mol. The maximum absolute atomic E-state index is 12.5. The SMILES string of the molecule is CC(C)(C)c1cc(NC(=O)CCSc2ccccc2Br)n(-c2ncccn2)n1. The van der Waals surface area contributed by atoms with Crippen LogP contribution in [0.3, 0.4) is 0 Å². The van der Waals surface area contributed by atoms with E-state index in [0.717, 1.165) is 15.1 Å². The second kappa shape index (κ2) is 8.87. The van der Waals surface area contributed by atoms with Crippen molar-refractivity contribution in [2.45, 2.75) is 37.5 Å². The van der Waals surface area contributed by atoms with Crippen LogP contribution >= 0.6 is 27.7 Å². The molecule has 0 spiro atoms. The fourth-order valence-electron chi connectivity index (χ4n) is 2.41. The molecule has 0 saturated carbocycles. The Balaban J connectivity index is 1.71. The Labute approximate surface area is 177 Å². The molecule has 1 aromatic carbocycles. The van der Waals surface area contributed by atoms with Crippen molar-refractivity contribution in [1.82, 2.24) is 19.7 Å². The molecule has 0 atom stereocenters. The first-order valence-corrected chi connectivity index (χ1v) is 10.7. The molecular formula is C20H22BrN5OS.